The average Bonchev–Trinajstić information content (AvgIpc) is 3.02. The smallest absolute Gasteiger partial charge is 0.308 e. The van der Waals surface area contributed by atoms with Gasteiger partial charge in [-0.3, -0.25) is 9.69 Å². The molecule has 0 bridgehead atoms. The first-order valence-corrected chi connectivity index (χ1v) is 7.70. The molecule has 0 amide bonds. The number of likely N-dealkylation sites (tertiary alicyclic amines) is 1. The summed E-state index contributed by atoms with van der Waals surface area (Å²) in [7, 11) is 0. The van der Waals surface area contributed by atoms with E-state index in [1.807, 2.05) is 12.1 Å². The fraction of sp³-hybridized carbons (Fsp3) is 0.688. The van der Waals surface area contributed by atoms with Crippen molar-refractivity contribution in [2.24, 2.45) is 17.8 Å². The number of hydrogen-bond donors (Lipinski definition) is 1. The molecule has 20 heavy (non-hydrogen) atoms. The molecule has 0 radical (unpaired) electrons. The lowest BCUT2D eigenvalue weighted by Crippen LogP contribution is -2.24. The fourth-order valence-corrected chi connectivity index (χ4v) is 3.41. The third-order valence-corrected chi connectivity index (χ3v) is 4.58. The SMILES string of the molecule is CCCc1ccc(CN2C[C@@H](C(=O)O)[C@H](C3CC3)C2)o1. The first-order chi connectivity index (χ1) is 9.67. The van der Waals surface area contributed by atoms with Gasteiger partial charge in [0.15, 0.2) is 0 Å². The number of carbonyl (C=O) groups is 1. The van der Waals surface area contributed by atoms with E-state index in [2.05, 4.69) is 11.8 Å². The Morgan fingerprint density at radius 2 is 2.10 bits per heavy atom. The van der Waals surface area contributed by atoms with E-state index < -0.39 is 5.97 Å². The second-order valence-corrected chi connectivity index (χ2v) is 6.26. The summed E-state index contributed by atoms with van der Waals surface area (Å²) in [6.45, 7) is 4.46. The molecule has 0 aromatic carbocycles. The van der Waals surface area contributed by atoms with Gasteiger partial charge in [0.1, 0.15) is 11.5 Å². The lowest BCUT2D eigenvalue weighted by atomic mass is 9.92. The van der Waals surface area contributed by atoms with Crippen molar-refractivity contribution in [1.82, 2.24) is 4.90 Å². The van der Waals surface area contributed by atoms with Crippen LogP contribution in [0.25, 0.3) is 0 Å². The van der Waals surface area contributed by atoms with Gasteiger partial charge >= 0.3 is 5.97 Å². The van der Waals surface area contributed by atoms with Crippen LogP contribution >= 0.6 is 0 Å². The van der Waals surface area contributed by atoms with E-state index in [4.69, 9.17) is 4.42 Å². The fourth-order valence-electron chi connectivity index (χ4n) is 3.41. The standard InChI is InChI=1S/C16H23NO3/c1-2-3-12-6-7-13(20-12)8-17-9-14(11-4-5-11)15(10-17)16(18)19/h6-7,11,14-15H,2-5,8-10H2,1H3,(H,18,19)/t14-,15+/m0/s1. The lowest BCUT2D eigenvalue weighted by Gasteiger charge is -2.13. The van der Waals surface area contributed by atoms with Crippen LogP contribution < -0.4 is 0 Å². The highest BCUT2D eigenvalue weighted by atomic mass is 16.4. The number of carboxylic acids is 1. The molecule has 2 heterocycles. The summed E-state index contributed by atoms with van der Waals surface area (Å²) in [5, 5.41) is 9.37. The molecule has 1 N–H and O–H groups in total. The van der Waals surface area contributed by atoms with E-state index in [1.165, 1.54) is 12.8 Å². The van der Waals surface area contributed by atoms with Crippen LogP contribution in [0.3, 0.4) is 0 Å². The maximum Gasteiger partial charge on any atom is 0.308 e. The molecule has 3 rings (SSSR count). The van der Waals surface area contributed by atoms with Gasteiger partial charge in [0.05, 0.1) is 12.5 Å². The van der Waals surface area contributed by atoms with E-state index in [0.29, 0.717) is 18.4 Å². The van der Waals surface area contributed by atoms with Gasteiger partial charge in [-0.05, 0) is 43.2 Å². The van der Waals surface area contributed by atoms with Crippen LogP contribution in [0.4, 0.5) is 0 Å². The van der Waals surface area contributed by atoms with E-state index >= 15 is 0 Å². The Hall–Kier alpha value is -1.29. The molecule has 1 aliphatic heterocycles. The zero-order valence-electron chi connectivity index (χ0n) is 12.0. The molecule has 1 aliphatic carbocycles. The van der Waals surface area contributed by atoms with Crippen molar-refractivity contribution in [2.75, 3.05) is 13.1 Å². The van der Waals surface area contributed by atoms with Gasteiger partial charge in [-0.15, -0.1) is 0 Å². The van der Waals surface area contributed by atoms with Crippen molar-refractivity contribution in [3.63, 3.8) is 0 Å². The van der Waals surface area contributed by atoms with Crippen molar-refractivity contribution in [3.8, 4) is 0 Å². The van der Waals surface area contributed by atoms with Crippen LogP contribution in [0.5, 0.6) is 0 Å². The van der Waals surface area contributed by atoms with Crippen LogP contribution in [-0.4, -0.2) is 29.1 Å². The molecule has 1 aromatic heterocycles. The van der Waals surface area contributed by atoms with Gasteiger partial charge in [-0.2, -0.15) is 0 Å². The summed E-state index contributed by atoms with van der Waals surface area (Å²) in [4.78, 5) is 13.6. The lowest BCUT2D eigenvalue weighted by molar-refractivity contribution is -0.142. The maximum atomic E-state index is 11.4. The number of hydrogen-bond acceptors (Lipinski definition) is 3. The van der Waals surface area contributed by atoms with E-state index in [9.17, 15) is 9.90 Å². The molecule has 2 fully saturated rings. The highest BCUT2D eigenvalue weighted by molar-refractivity contribution is 5.71. The van der Waals surface area contributed by atoms with Gasteiger partial charge in [0, 0.05) is 19.5 Å². The molecule has 0 unspecified atom stereocenters. The van der Waals surface area contributed by atoms with Crippen molar-refractivity contribution < 1.29 is 14.3 Å². The molecule has 1 saturated heterocycles. The summed E-state index contributed by atoms with van der Waals surface area (Å²) >= 11 is 0. The van der Waals surface area contributed by atoms with E-state index in [0.717, 1.165) is 37.5 Å². The van der Waals surface area contributed by atoms with Crippen molar-refractivity contribution in [2.45, 2.75) is 39.2 Å². The molecule has 4 heteroatoms. The van der Waals surface area contributed by atoms with Gasteiger partial charge in [-0.25, -0.2) is 0 Å². The van der Waals surface area contributed by atoms with Crippen LogP contribution in [0.2, 0.25) is 0 Å². The number of carboxylic acid groups (broad SMARTS) is 1. The van der Waals surface area contributed by atoms with Gasteiger partial charge < -0.3 is 9.52 Å². The summed E-state index contributed by atoms with van der Waals surface area (Å²) < 4.78 is 5.80. The van der Waals surface area contributed by atoms with Crippen molar-refractivity contribution in [1.29, 1.82) is 0 Å². The molecule has 4 nitrogen and oxygen atoms in total. The van der Waals surface area contributed by atoms with E-state index in [-0.39, 0.29) is 5.92 Å². The second kappa shape index (κ2) is 5.60. The third kappa shape index (κ3) is 2.90. The summed E-state index contributed by atoms with van der Waals surface area (Å²) in [6.07, 6.45) is 4.48. The van der Waals surface area contributed by atoms with Crippen molar-refractivity contribution >= 4 is 5.97 Å². The molecule has 2 aliphatic rings. The Kier molecular flexibility index (Phi) is 3.83. The molecular formula is C16H23NO3. The predicted molar refractivity (Wildman–Crippen MR) is 75.3 cm³/mol. The number of rotatable bonds is 6. The zero-order chi connectivity index (χ0) is 14.1. The highest BCUT2D eigenvalue weighted by Gasteiger charge is 2.45. The molecule has 0 spiro atoms. The number of furan rings is 1. The minimum absolute atomic E-state index is 0.187. The normalized spacial score (nSPS) is 27.1. The largest absolute Gasteiger partial charge is 0.481 e. The average molecular weight is 277 g/mol. The number of aryl methyl sites for hydroxylation is 1. The number of nitrogens with zero attached hydrogens (tertiary/aromatic N) is 1. The minimum Gasteiger partial charge on any atom is -0.481 e. The van der Waals surface area contributed by atoms with Crippen LogP contribution in [-0.2, 0) is 17.8 Å². The first kappa shape index (κ1) is 13.7. The zero-order valence-corrected chi connectivity index (χ0v) is 12.0. The Morgan fingerprint density at radius 1 is 1.35 bits per heavy atom. The van der Waals surface area contributed by atoms with Crippen LogP contribution in [0.1, 0.15) is 37.7 Å². The first-order valence-electron chi connectivity index (χ1n) is 7.70. The van der Waals surface area contributed by atoms with Crippen molar-refractivity contribution in [3.05, 3.63) is 23.7 Å². The van der Waals surface area contributed by atoms with Gasteiger partial charge in [0.25, 0.3) is 0 Å². The monoisotopic (exact) mass is 277 g/mol. The highest BCUT2D eigenvalue weighted by Crippen LogP contribution is 2.44. The Bertz CT molecular complexity index is 478. The summed E-state index contributed by atoms with van der Waals surface area (Å²) in [5.74, 6) is 2.18. The van der Waals surface area contributed by atoms with Gasteiger partial charge in [-0.1, -0.05) is 6.92 Å². The maximum absolute atomic E-state index is 11.4. The van der Waals surface area contributed by atoms with Crippen LogP contribution in [0.15, 0.2) is 16.5 Å². The minimum atomic E-state index is -0.629. The Labute approximate surface area is 119 Å². The second-order valence-electron chi connectivity index (χ2n) is 6.26. The van der Waals surface area contributed by atoms with Gasteiger partial charge in [0.2, 0.25) is 0 Å². The predicted octanol–water partition coefficient (Wildman–Crippen LogP) is 2.77. The number of aliphatic carboxylic acids is 1. The molecule has 1 aromatic rings. The molecule has 110 valence electrons. The summed E-state index contributed by atoms with van der Waals surface area (Å²) in [5.41, 5.74) is 0. The van der Waals surface area contributed by atoms with Crippen LogP contribution in [0, 0.1) is 17.8 Å². The quantitative estimate of drug-likeness (QED) is 0.868. The Morgan fingerprint density at radius 3 is 2.75 bits per heavy atom. The topological polar surface area (TPSA) is 53.7 Å². The molecular weight excluding hydrogens is 254 g/mol. The molecule has 1 saturated carbocycles. The van der Waals surface area contributed by atoms with E-state index in [1.54, 1.807) is 0 Å². The Balaban J connectivity index is 1.61. The third-order valence-electron chi connectivity index (χ3n) is 4.58. The summed E-state index contributed by atoms with van der Waals surface area (Å²) in [6, 6.07) is 4.08. The molecule has 2 atom stereocenters.